The molecule has 0 saturated carbocycles. The third-order valence-corrected chi connectivity index (χ3v) is 5.05. The molecular formula is C17H20ClNO2S. The maximum atomic E-state index is 12.4. The molecule has 5 heteroatoms. The average Bonchev–Trinajstić information content (AvgIpc) is 2.45. The van der Waals surface area contributed by atoms with Crippen LogP contribution in [-0.2, 0) is 15.8 Å². The van der Waals surface area contributed by atoms with Crippen LogP contribution in [0.1, 0.15) is 36.1 Å². The summed E-state index contributed by atoms with van der Waals surface area (Å²) in [7, 11) is -3.43. The van der Waals surface area contributed by atoms with Crippen molar-refractivity contribution >= 4 is 21.6 Å². The molecule has 0 aliphatic rings. The molecule has 0 fully saturated rings. The van der Waals surface area contributed by atoms with Gasteiger partial charge < -0.3 is 0 Å². The van der Waals surface area contributed by atoms with Gasteiger partial charge in [-0.05, 0) is 36.6 Å². The summed E-state index contributed by atoms with van der Waals surface area (Å²) in [5.41, 5.74) is 2.81. The average molecular weight is 338 g/mol. The first-order valence-corrected chi connectivity index (χ1v) is 9.23. The van der Waals surface area contributed by atoms with Crippen LogP contribution in [0.3, 0.4) is 0 Å². The van der Waals surface area contributed by atoms with Crippen LogP contribution < -0.4 is 4.72 Å². The van der Waals surface area contributed by atoms with Crippen molar-refractivity contribution in [2.75, 3.05) is 0 Å². The second kappa shape index (κ2) is 7.27. The topological polar surface area (TPSA) is 46.2 Å². The van der Waals surface area contributed by atoms with Crippen molar-refractivity contribution in [1.82, 2.24) is 4.72 Å². The first-order chi connectivity index (χ1) is 10.4. The van der Waals surface area contributed by atoms with Gasteiger partial charge in [-0.1, -0.05) is 60.5 Å². The molecule has 118 valence electrons. The summed E-state index contributed by atoms with van der Waals surface area (Å²) in [4.78, 5) is 0. The number of rotatable bonds is 6. The van der Waals surface area contributed by atoms with Crippen molar-refractivity contribution in [3.63, 3.8) is 0 Å². The van der Waals surface area contributed by atoms with Gasteiger partial charge in [-0.25, -0.2) is 13.1 Å². The molecule has 0 radical (unpaired) electrons. The minimum absolute atomic E-state index is 0.0735. The van der Waals surface area contributed by atoms with E-state index in [4.69, 9.17) is 11.6 Å². The van der Waals surface area contributed by atoms with Gasteiger partial charge in [-0.2, -0.15) is 0 Å². The Labute approximate surface area is 137 Å². The fourth-order valence-electron chi connectivity index (χ4n) is 2.29. The van der Waals surface area contributed by atoms with Gasteiger partial charge in [0.25, 0.3) is 0 Å². The summed E-state index contributed by atoms with van der Waals surface area (Å²) in [6.07, 6.45) is 0.692. The summed E-state index contributed by atoms with van der Waals surface area (Å²) in [6, 6.07) is 14.6. The third-order valence-electron chi connectivity index (χ3n) is 3.46. The van der Waals surface area contributed by atoms with E-state index < -0.39 is 10.0 Å². The predicted molar refractivity (Wildman–Crippen MR) is 91.4 cm³/mol. The van der Waals surface area contributed by atoms with Crippen molar-refractivity contribution in [3.05, 3.63) is 70.2 Å². The quantitative estimate of drug-likeness (QED) is 0.857. The second-order valence-electron chi connectivity index (χ2n) is 5.38. The second-order valence-corrected chi connectivity index (χ2v) is 7.57. The van der Waals surface area contributed by atoms with Crippen LogP contribution in [0.5, 0.6) is 0 Å². The zero-order valence-corrected chi connectivity index (χ0v) is 14.3. The Morgan fingerprint density at radius 1 is 1.14 bits per heavy atom. The zero-order chi connectivity index (χ0) is 16.2. The Balaban J connectivity index is 2.13. The molecule has 0 aromatic heterocycles. The number of halogens is 1. The smallest absolute Gasteiger partial charge is 0.212 e. The molecule has 1 atom stereocenters. The van der Waals surface area contributed by atoms with E-state index in [1.54, 1.807) is 24.3 Å². The van der Waals surface area contributed by atoms with E-state index in [1.165, 1.54) is 0 Å². The van der Waals surface area contributed by atoms with Gasteiger partial charge in [-0.3, -0.25) is 0 Å². The highest BCUT2D eigenvalue weighted by molar-refractivity contribution is 7.88. The van der Waals surface area contributed by atoms with E-state index in [0.29, 0.717) is 17.0 Å². The summed E-state index contributed by atoms with van der Waals surface area (Å²) in [5, 5.41) is 0.540. The van der Waals surface area contributed by atoms with E-state index in [-0.39, 0.29) is 11.8 Å². The highest BCUT2D eigenvalue weighted by Gasteiger charge is 2.18. The molecule has 1 unspecified atom stereocenters. The lowest BCUT2D eigenvalue weighted by Crippen LogP contribution is -2.29. The monoisotopic (exact) mass is 337 g/mol. The lowest BCUT2D eigenvalue weighted by Gasteiger charge is -2.18. The molecule has 0 amide bonds. The Morgan fingerprint density at radius 2 is 1.82 bits per heavy atom. The van der Waals surface area contributed by atoms with E-state index in [2.05, 4.69) is 4.72 Å². The van der Waals surface area contributed by atoms with Gasteiger partial charge in [0.05, 0.1) is 5.75 Å². The van der Waals surface area contributed by atoms with Gasteiger partial charge in [0.1, 0.15) is 0 Å². The number of benzene rings is 2. The molecule has 2 aromatic rings. The molecule has 0 saturated heterocycles. The molecule has 0 aliphatic carbocycles. The van der Waals surface area contributed by atoms with E-state index >= 15 is 0 Å². The van der Waals surface area contributed by atoms with Crippen LogP contribution >= 0.6 is 11.6 Å². The lowest BCUT2D eigenvalue weighted by molar-refractivity contribution is 0.549. The van der Waals surface area contributed by atoms with Crippen LogP contribution in [0, 0.1) is 6.92 Å². The largest absolute Gasteiger partial charge is 0.216 e. The van der Waals surface area contributed by atoms with Crippen molar-refractivity contribution in [2.24, 2.45) is 0 Å². The molecule has 0 aliphatic heterocycles. The van der Waals surface area contributed by atoms with E-state index in [0.717, 1.165) is 11.1 Å². The fraction of sp³-hybridized carbons (Fsp3) is 0.294. The van der Waals surface area contributed by atoms with Gasteiger partial charge in [0.15, 0.2) is 0 Å². The molecule has 0 bridgehead atoms. The van der Waals surface area contributed by atoms with E-state index in [1.807, 2.05) is 38.1 Å². The number of aryl methyl sites for hydroxylation is 1. The summed E-state index contributed by atoms with van der Waals surface area (Å²) in [5.74, 6) is -0.0735. The molecule has 2 rings (SSSR count). The molecule has 3 nitrogen and oxygen atoms in total. The Hall–Kier alpha value is -1.36. The molecular weight excluding hydrogens is 318 g/mol. The summed E-state index contributed by atoms with van der Waals surface area (Å²) in [6.45, 7) is 3.97. The standard InChI is InChI=1S/C17H20ClNO2S/c1-3-17(15-9-7-13(2)8-10-15)19-22(20,21)12-14-5-4-6-16(18)11-14/h4-11,17,19H,3,12H2,1-2H3. The van der Waals surface area contributed by atoms with Crippen LogP contribution in [0.15, 0.2) is 48.5 Å². The Kier molecular flexibility index (Phi) is 5.62. The molecule has 2 aromatic carbocycles. The van der Waals surface area contributed by atoms with Gasteiger partial charge >= 0.3 is 0 Å². The number of hydrogen-bond acceptors (Lipinski definition) is 2. The maximum absolute atomic E-state index is 12.4. The number of nitrogens with one attached hydrogen (secondary N) is 1. The van der Waals surface area contributed by atoms with Gasteiger partial charge in [-0.15, -0.1) is 0 Å². The highest BCUT2D eigenvalue weighted by Crippen LogP contribution is 2.20. The summed E-state index contributed by atoms with van der Waals surface area (Å²) < 4.78 is 27.5. The van der Waals surface area contributed by atoms with Gasteiger partial charge in [0.2, 0.25) is 10.0 Å². The van der Waals surface area contributed by atoms with E-state index in [9.17, 15) is 8.42 Å². The fourth-order valence-corrected chi connectivity index (χ4v) is 3.94. The highest BCUT2D eigenvalue weighted by atomic mass is 35.5. The first-order valence-electron chi connectivity index (χ1n) is 7.20. The third kappa shape index (κ3) is 4.83. The lowest BCUT2D eigenvalue weighted by atomic mass is 10.0. The Morgan fingerprint density at radius 3 is 2.41 bits per heavy atom. The predicted octanol–water partition coefficient (Wildman–Crippen LogP) is 4.22. The maximum Gasteiger partial charge on any atom is 0.216 e. The summed E-state index contributed by atoms with van der Waals surface area (Å²) >= 11 is 5.90. The zero-order valence-electron chi connectivity index (χ0n) is 12.7. The van der Waals surface area contributed by atoms with Crippen molar-refractivity contribution in [2.45, 2.75) is 32.1 Å². The van der Waals surface area contributed by atoms with Gasteiger partial charge in [0, 0.05) is 11.1 Å². The number of sulfonamides is 1. The Bertz CT molecular complexity index is 727. The van der Waals surface area contributed by atoms with Crippen molar-refractivity contribution < 1.29 is 8.42 Å². The van der Waals surface area contributed by atoms with Crippen molar-refractivity contribution in [3.8, 4) is 0 Å². The van der Waals surface area contributed by atoms with Crippen LogP contribution in [0.4, 0.5) is 0 Å². The van der Waals surface area contributed by atoms with Crippen LogP contribution in [-0.4, -0.2) is 8.42 Å². The molecule has 22 heavy (non-hydrogen) atoms. The normalized spacial score (nSPS) is 13.0. The molecule has 0 heterocycles. The van der Waals surface area contributed by atoms with Crippen molar-refractivity contribution in [1.29, 1.82) is 0 Å². The van der Waals surface area contributed by atoms with Crippen LogP contribution in [0.2, 0.25) is 5.02 Å². The molecule has 0 spiro atoms. The first kappa shape index (κ1) is 17.0. The minimum atomic E-state index is -3.43. The van der Waals surface area contributed by atoms with Crippen LogP contribution in [0.25, 0.3) is 0 Å². The molecule has 1 N–H and O–H groups in total. The SMILES string of the molecule is CCC(NS(=O)(=O)Cc1cccc(Cl)c1)c1ccc(C)cc1. The number of hydrogen-bond donors (Lipinski definition) is 1. The minimum Gasteiger partial charge on any atom is -0.212 e.